The first kappa shape index (κ1) is 11.5. The zero-order valence-electron chi connectivity index (χ0n) is 10.7. The number of aromatic nitrogens is 2. The Bertz CT molecular complexity index is 527. The van der Waals surface area contributed by atoms with Gasteiger partial charge in [-0.05, 0) is 44.4 Å². The summed E-state index contributed by atoms with van der Waals surface area (Å²) < 4.78 is 5.48. The maximum atomic E-state index is 5.48. The van der Waals surface area contributed by atoms with Gasteiger partial charge in [-0.2, -0.15) is 0 Å². The van der Waals surface area contributed by atoms with E-state index in [0.29, 0.717) is 6.04 Å². The van der Waals surface area contributed by atoms with Crippen LogP contribution >= 0.6 is 0 Å². The first-order valence-corrected chi connectivity index (χ1v) is 6.62. The molecule has 3 rings (SSSR count). The van der Waals surface area contributed by atoms with Gasteiger partial charge in [-0.25, -0.2) is 4.98 Å². The number of imidazole rings is 1. The molecule has 1 atom stereocenters. The maximum absolute atomic E-state index is 5.48. The lowest BCUT2D eigenvalue weighted by molar-refractivity contribution is 0.144. The number of H-pyrrole nitrogens is 1. The van der Waals surface area contributed by atoms with Crippen LogP contribution in [0, 0.1) is 6.92 Å². The maximum Gasteiger partial charge on any atom is 0.104 e. The Morgan fingerprint density at radius 3 is 3.22 bits per heavy atom. The van der Waals surface area contributed by atoms with Gasteiger partial charge in [0.25, 0.3) is 0 Å². The highest BCUT2D eigenvalue weighted by atomic mass is 16.5. The third kappa shape index (κ3) is 2.48. The van der Waals surface area contributed by atoms with Gasteiger partial charge in [-0.1, -0.05) is 0 Å². The Kier molecular flexibility index (Phi) is 3.19. The highest BCUT2D eigenvalue weighted by Crippen LogP contribution is 2.20. The van der Waals surface area contributed by atoms with Gasteiger partial charge in [-0.3, -0.25) is 0 Å². The molecule has 0 aliphatic carbocycles. The van der Waals surface area contributed by atoms with Gasteiger partial charge in [0.05, 0.1) is 11.0 Å². The van der Waals surface area contributed by atoms with Gasteiger partial charge < -0.3 is 15.0 Å². The van der Waals surface area contributed by atoms with Crippen LogP contribution in [0.1, 0.15) is 25.1 Å². The zero-order chi connectivity index (χ0) is 12.4. The van der Waals surface area contributed by atoms with Crippen LogP contribution in [0.3, 0.4) is 0 Å². The molecule has 2 heterocycles. The van der Waals surface area contributed by atoms with Crippen molar-refractivity contribution in [2.24, 2.45) is 0 Å². The molecule has 0 radical (unpaired) electrons. The van der Waals surface area contributed by atoms with E-state index in [0.717, 1.165) is 48.6 Å². The van der Waals surface area contributed by atoms with E-state index < -0.39 is 0 Å². The molecule has 96 valence electrons. The third-order valence-corrected chi connectivity index (χ3v) is 3.42. The Balaban J connectivity index is 1.76. The number of benzene rings is 1. The summed E-state index contributed by atoms with van der Waals surface area (Å²) in [5.74, 6) is 0.963. The number of aromatic amines is 1. The fraction of sp³-hybridized carbons (Fsp3) is 0.500. The highest BCUT2D eigenvalue weighted by molar-refractivity contribution is 5.79. The minimum absolute atomic E-state index is 0.522. The second kappa shape index (κ2) is 4.98. The summed E-state index contributed by atoms with van der Waals surface area (Å²) in [7, 11) is 0. The zero-order valence-corrected chi connectivity index (χ0v) is 10.7. The van der Waals surface area contributed by atoms with Crippen molar-refractivity contribution in [2.75, 3.05) is 18.5 Å². The Morgan fingerprint density at radius 1 is 1.33 bits per heavy atom. The lowest BCUT2D eigenvalue weighted by Gasteiger charge is -2.16. The number of hydrogen-bond acceptors (Lipinski definition) is 3. The number of hydrogen-bond donors (Lipinski definition) is 2. The number of ether oxygens (including phenoxy) is 1. The fourth-order valence-corrected chi connectivity index (χ4v) is 2.51. The van der Waals surface area contributed by atoms with E-state index in [-0.39, 0.29) is 0 Å². The largest absolute Gasteiger partial charge is 0.382 e. The molecule has 0 bridgehead atoms. The van der Waals surface area contributed by atoms with Gasteiger partial charge in [0.2, 0.25) is 0 Å². The summed E-state index contributed by atoms with van der Waals surface area (Å²) in [6.07, 6.45) is 3.41. The quantitative estimate of drug-likeness (QED) is 0.855. The van der Waals surface area contributed by atoms with Crippen LogP contribution in [-0.2, 0) is 4.74 Å². The van der Waals surface area contributed by atoms with Crippen LogP contribution < -0.4 is 5.32 Å². The third-order valence-electron chi connectivity index (χ3n) is 3.42. The lowest BCUT2D eigenvalue weighted by Crippen LogP contribution is -2.19. The van der Waals surface area contributed by atoms with E-state index in [4.69, 9.17) is 4.74 Å². The van der Waals surface area contributed by atoms with Crippen LogP contribution in [0.2, 0.25) is 0 Å². The molecule has 2 N–H and O–H groups in total. The van der Waals surface area contributed by atoms with E-state index in [1.807, 2.05) is 6.92 Å². The number of anilines is 1. The first-order valence-electron chi connectivity index (χ1n) is 6.62. The summed E-state index contributed by atoms with van der Waals surface area (Å²) in [4.78, 5) is 7.69. The van der Waals surface area contributed by atoms with Crippen molar-refractivity contribution in [1.82, 2.24) is 9.97 Å². The number of aryl methyl sites for hydroxylation is 1. The van der Waals surface area contributed by atoms with Gasteiger partial charge in [0.1, 0.15) is 5.82 Å². The van der Waals surface area contributed by atoms with E-state index in [9.17, 15) is 0 Å². The molecule has 1 aromatic heterocycles. The Labute approximate surface area is 107 Å². The van der Waals surface area contributed by atoms with E-state index in [1.165, 1.54) is 6.42 Å². The molecule has 1 fully saturated rings. The normalized spacial score (nSPS) is 20.8. The van der Waals surface area contributed by atoms with Gasteiger partial charge >= 0.3 is 0 Å². The second-order valence-electron chi connectivity index (χ2n) is 4.94. The van der Waals surface area contributed by atoms with Gasteiger partial charge in [0, 0.05) is 24.9 Å². The molecular weight excluding hydrogens is 226 g/mol. The molecule has 1 aromatic carbocycles. The number of fused-ring (bicyclic) bond motifs is 1. The Morgan fingerprint density at radius 2 is 2.28 bits per heavy atom. The summed E-state index contributed by atoms with van der Waals surface area (Å²) >= 11 is 0. The second-order valence-corrected chi connectivity index (χ2v) is 4.94. The molecular formula is C14H19N3O. The van der Waals surface area contributed by atoms with Crippen LogP contribution in [0.5, 0.6) is 0 Å². The van der Waals surface area contributed by atoms with Gasteiger partial charge in [0.15, 0.2) is 0 Å². The predicted octanol–water partition coefficient (Wildman–Crippen LogP) is 2.85. The molecule has 0 saturated carbocycles. The highest BCUT2D eigenvalue weighted by Gasteiger charge is 2.12. The predicted molar refractivity (Wildman–Crippen MR) is 72.9 cm³/mol. The van der Waals surface area contributed by atoms with Crippen molar-refractivity contribution in [3.8, 4) is 0 Å². The summed E-state index contributed by atoms with van der Waals surface area (Å²) in [5, 5.41) is 3.59. The Hall–Kier alpha value is -1.55. The van der Waals surface area contributed by atoms with Crippen molar-refractivity contribution in [1.29, 1.82) is 0 Å². The minimum Gasteiger partial charge on any atom is -0.382 e. The summed E-state index contributed by atoms with van der Waals surface area (Å²) in [6, 6.07) is 6.83. The average Bonchev–Trinajstić information content (AvgIpc) is 2.56. The van der Waals surface area contributed by atoms with Crippen molar-refractivity contribution < 1.29 is 4.74 Å². The molecule has 0 amide bonds. The molecule has 1 saturated heterocycles. The molecule has 1 unspecified atom stereocenters. The number of nitrogens with zero attached hydrogens (tertiary/aromatic N) is 1. The molecule has 1 aliphatic rings. The molecule has 4 heteroatoms. The van der Waals surface area contributed by atoms with Crippen molar-refractivity contribution >= 4 is 16.7 Å². The summed E-state index contributed by atoms with van der Waals surface area (Å²) in [5.41, 5.74) is 3.29. The molecule has 1 aliphatic heterocycles. The monoisotopic (exact) mass is 245 g/mol. The number of rotatable bonds is 2. The van der Waals surface area contributed by atoms with Crippen LogP contribution in [0.4, 0.5) is 5.69 Å². The standard InChI is InChI=1S/C14H19N3O/c1-10-15-13-5-4-12(9-14(13)16-10)17-11-3-2-7-18-8-6-11/h4-5,9,11,17H,2-3,6-8H2,1H3,(H,15,16). The SMILES string of the molecule is Cc1nc2ccc(NC3CCCOCC3)cc2[nH]1. The lowest BCUT2D eigenvalue weighted by atomic mass is 10.1. The molecule has 4 nitrogen and oxygen atoms in total. The summed E-state index contributed by atoms with van der Waals surface area (Å²) in [6.45, 7) is 3.75. The molecule has 2 aromatic rings. The minimum atomic E-state index is 0.522. The molecule has 18 heavy (non-hydrogen) atoms. The number of nitrogens with one attached hydrogen (secondary N) is 2. The fourth-order valence-electron chi connectivity index (χ4n) is 2.51. The van der Waals surface area contributed by atoms with Crippen LogP contribution in [0.15, 0.2) is 18.2 Å². The smallest absolute Gasteiger partial charge is 0.104 e. The van der Waals surface area contributed by atoms with E-state index in [2.05, 4.69) is 33.5 Å². The van der Waals surface area contributed by atoms with Crippen LogP contribution in [-0.4, -0.2) is 29.2 Å². The van der Waals surface area contributed by atoms with Crippen molar-refractivity contribution in [3.05, 3.63) is 24.0 Å². The van der Waals surface area contributed by atoms with E-state index >= 15 is 0 Å². The topological polar surface area (TPSA) is 49.9 Å². The average molecular weight is 245 g/mol. The molecule has 0 spiro atoms. The van der Waals surface area contributed by atoms with E-state index in [1.54, 1.807) is 0 Å². The van der Waals surface area contributed by atoms with Crippen molar-refractivity contribution in [3.63, 3.8) is 0 Å². The van der Waals surface area contributed by atoms with Crippen molar-refractivity contribution in [2.45, 2.75) is 32.2 Å². The first-order chi connectivity index (χ1) is 8.81. The van der Waals surface area contributed by atoms with Gasteiger partial charge in [-0.15, -0.1) is 0 Å². The van der Waals surface area contributed by atoms with Crippen LogP contribution in [0.25, 0.3) is 11.0 Å².